The summed E-state index contributed by atoms with van der Waals surface area (Å²) in [6.07, 6.45) is 2.89. The number of carbonyl (C=O) groups is 1. The first-order chi connectivity index (χ1) is 5.12. The number of hydrogen-bond acceptors (Lipinski definition) is 2. The highest BCUT2D eigenvalue weighted by Crippen LogP contribution is 2.47. The van der Waals surface area contributed by atoms with Gasteiger partial charge < -0.3 is 9.84 Å². The molecule has 0 aliphatic carbocycles. The van der Waals surface area contributed by atoms with Crippen LogP contribution in [0.3, 0.4) is 0 Å². The number of rotatable bonds is 1. The molecule has 0 aromatic heterocycles. The molecule has 3 atom stereocenters. The van der Waals surface area contributed by atoms with Gasteiger partial charge >= 0.3 is 5.97 Å². The van der Waals surface area contributed by atoms with Crippen molar-refractivity contribution >= 4 is 5.97 Å². The summed E-state index contributed by atoms with van der Waals surface area (Å²) < 4.78 is 5.55. The molecular weight excluding hydrogens is 144 g/mol. The van der Waals surface area contributed by atoms with Gasteiger partial charge in [0.15, 0.2) is 0 Å². The molecule has 2 aliphatic rings. The molecule has 3 heteroatoms. The molecule has 1 N–H and O–H groups in total. The predicted molar refractivity (Wildman–Crippen MR) is 38.3 cm³/mol. The van der Waals surface area contributed by atoms with E-state index in [9.17, 15) is 4.79 Å². The summed E-state index contributed by atoms with van der Waals surface area (Å²) in [5, 5.41) is 8.82. The second-order valence-corrected chi connectivity index (χ2v) is 3.72. The van der Waals surface area contributed by atoms with Crippen molar-refractivity contribution < 1.29 is 14.6 Å². The summed E-state index contributed by atoms with van der Waals surface area (Å²) in [6.45, 7) is 1.92. The van der Waals surface area contributed by atoms with Gasteiger partial charge in [0.05, 0.1) is 17.6 Å². The first-order valence-electron chi connectivity index (χ1n) is 4.02. The predicted octanol–water partition coefficient (Wildman–Crippen LogP) is 1.03. The van der Waals surface area contributed by atoms with Gasteiger partial charge in [0.1, 0.15) is 0 Å². The van der Waals surface area contributed by atoms with Crippen LogP contribution in [0.2, 0.25) is 0 Å². The molecule has 2 bridgehead atoms. The Morgan fingerprint density at radius 2 is 2.45 bits per heavy atom. The molecule has 2 aliphatic heterocycles. The number of carboxylic acid groups (broad SMARTS) is 1. The average molecular weight is 156 g/mol. The fraction of sp³-hybridized carbons (Fsp3) is 0.875. The van der Waals surface area contributed by atoms with Gasteiger partial charge in [0.25, 0.3) is 0 Å². The smallest absolute Gasteiger partial charge is 0.309 e. The lowest BCUT2D eigenvalue weighted by molar-refractivity contribution is -0.146. The maximum atomic E-state index is 10.7. The SMILES string of the molecule is CC12CCC(CC1C(=O)O)O2. The largest absolute Gasteiger partial charge is 0.481 e. The van der Waals surface area contributed by atoms with Crippen molar-refractivity contribution in [3.63, 3.8) is 0 Å². The van der Waals surface area contributed by atoms with E-state index < -0.39 is 5.97 Å². The van der Waals surface area contributed by atoms with Crippen molar-refractivity contribution in [2.45, 2.75) is 37.9 Å². The Morgan fingerprint density at radius 3 is 2.73 bits per heavy atom. The van der Waals surface area contributed by atoms with Gasteiger partial charge in [-0.3, -0.25) is 4.79 Å². The Morgan fingerprint density at radius 1 is 1.73 bits per heavy atom. The Labute approximate surface area is 65.4 Å². The van der Waals surface area contributed by atoms with E-state index in [0.29, 0.717) is 6.42 Å². The second-order valence-electron chi connectivity index (χ2n) is 3.72. The van der Waals surface area contributed by atoms with E-state index in [1.165, 1.54) is 0 Å². The number of aliphatic carboxylic acids is 1. The molecule has 2 heterocycles. The highest BCUT2D eigenvalue weighted by atomic mass is 16.5. The van der Waals surface area contributed by atoms with Gasteiger partial charge in [-0.2, -0.15) is 0 Å². The van der Waals surface area contributed by atoms with Crippen LogP contribution in [0.25, 0.3) is 0 Å². The summed E-state index contributed by atoms with van der Waals surface area (Å²) in [5.41, 5.74) is -0.351. The lowest BCUT2D eigenvalue weighted by Crippen LogP contribution is -2.35. The zero-order valence-corrected chi connectivity index (χ0v) is 6.54. The monoisotopic (exact) mass is 156 g/mol. The molecule has 3 unspecified atom stereocenters. The minimum absolute atomic E-state index is 0.223. The Bertz CT molecular complexity index is 202. The molecule has 62 valence electrons. The molecule has 3 nitrogen and oxygen atoms in total. The summed E-state index contributed by atoms with van der Waals surface area (Å²) in [4.78, 5) is 10.7. The molecule has 0 aromatic rings. The Balaban J connectivity index is 2.21. The van der Waals surface area contributed by atoms with Crippen LogP contribution < -0.4 is 0 Å². The topological polar surface area (TPSA) is 46.5 Å². The minimum atomic E-state index is -0.699. The van der Waals surface area contributed by atoms with E-state index in [4.69, 9.17) is 9.84 Å². The quantitative estimate of drug-likeness (QED) is 0.616. The fourth-order valence-electron chi connectivity index (χ4n) is 2.24. The van der Waals surface area contributed by atoms with Gasteiger partial charge in [0, 0.05) is 0 Å². The molecule has 0 amide bonds. The third-order valence-electron chi connectivity index (χ3n) is 2.93. The molecule has 2 saturated heterocycles. The molecule has 2 rings (SSSR count). The van der Waals surface area contributed by atoms with Crippen LogP contribution in [-0.4, -0.2) is 22.8 Å². The average Bonchev–Trinajstić information content (AvgIpc) is 2.41. The van der Waals surface area contributed by atoms with Gasteiger partial charge in [-0.1, -0.05) is 0 Å². The molecule has 11 heavy (non-hydrogen) atoms. The van der Waals surface area contributed by atoms with E-state index in [0.717, 1.165) is 12.8 Å². The van der Waals surface area contributed by atoms with Crippen molar-refractivity contribution in [3.05, 3.63) is 0 Å². The van der Waals surface area contributed by atoms with Gasteiger partial charge in [-0.15, -0.1) is 0 Å². The van der Waals surface area contributed by atoms with Crippen LogP contribution in [0.5, 0.6) is 0 Å². The van der Waals surface area contributed by atoms with Gasteiger partial charge in [-0.05, 0) is 26.2 Å². The second kappa shape index (κ2) is 1.97. The van der Waals surface area contributed by atoms with E-state index in [1.807, 2.05) is 6.92 Å². The lowest BCUT2D eigenvalue weighted by atomic mass is 9.80. The highest BCUT2D eigenvalue weighted by Gasteiger charge is 2.53. The number of hydrogen-bond donors (Lipinski definition) is 1. The standard InChI is InChI=1S/C8H12O3/c1-8-3-2-5(11-8)4-6(8)7(9)10/h5-6H,2-4H2,1H3,(H,9,10). The molecule has 2 fully saturated rings. The first kappa shape index (κ1) is 7.10. The van der Waals surface area contributed by atoms with E-state index in [1.54, 1.807) is 0 Å². The third-order valence-corrected chi connectivity index (χ3v) is 2.93. The molecule has 0 radical (unpaired) electrons. The van der Waals surface area contributed by atoms with Crippen molar-refractivity contribution in [3.8, 4) is 0 Å². The fourth-order valence-corrected chi connectivity index (χ4v) is 2.24. The van der Waals surface area contributed by atoms with Crippen molar-refractivity contribution in [1.29, 1.82) is 0 Å². The van der Waals surface area contributed by atoms with Gasteiger partial charge in [-0.25, -0.2) is 0 Å². The molecular formula is C8H12O3. The van der Waals surface area contributed by atoms with Crippen molar-refractivity contribution in [2.24, 2.45) is 5.92 Å². The maximum Gasteiger partial charge on any atom is 0.309 e. The minimum Gasteiger partial charge on any atom is -0.481 e. The molecule has 0 saturated carbocycles. The number of fused-ring (bicyclic) bond motifs is 2. The van der Waals surface area contributed by atoms with E-state index in [-0.39, 0.29) is 17.6 Å². The van der Waals surface area contributed by atoms with Crippen LogP contribution in [0.4, 0.5) is 0 Å². The van der Waals surface area contributed by atoms with Crippen LogP contribution in [0, 0.1) is 5.92 Å². The van der Waals surface area contributed by atoms with E-state index in [2.05, 4.69) is 0 Å². The van der Waals surface area contributed by atoms with Gasteiger partial charge in [0.2, 0.25) is 0 Å². The highest BCUT2D eigenvalue weighted by molar-refractivity contribution is 5.72. The summed E-state index contributed by atoms with van der Waals surface area (Å²) in [5.74, 6) is -0.962. The molecule has 0 spiro atoms. The summed E-state index contributed by atoms with van der Waals surface area (Å²) in [7, 11) is 0. The van der Waals surface area contributed by atoms with Crippen LogP contribution in [0.1, 0.15) is 26.2 Å². The normalized spacial score (nSPS) is 48.1. The zero-order valence-electron chi connectivity index (χ0n) is 6.54. The van der Waals surface area contributed by atoms with Crippen LogP contribution in [0.15, 0.2) is 0 Å². The van der Waals surface area contributed by atoms with Crippen LogP contribution in [-0.2, 0) is 9.53 Å². The summed E-state index contributed by atoms with van der Waals surface area (Å²) >= 11 is 0. The van der Waals surface area contributed by atoms with Crippen molar-refractivity contribution in [2.75, 3.05) is 0 Å². The van der Waals surface area contributed by atoms with E-state index >= 15 is 0 Å². The Kier molecular flexibility index (Phi) is 1.27. The third kappa shape index (κ3) is 0.872. The molecule has 0 aromatic carbocycles. The Hall–Kier alpha value is -0.570. The number of carboxylic acids is 1. The maximum absolute atomic E-state index is 10.7. The zero-order chi connectivity index (χ0) is 8.06. The summed E-state index contributed by atoms with van der Waals surface area (Å²) in [6, 6.07) is 0. The van der Waals surface area contributed by atoms with Crippen LogP contribution >= 0.6 is 0 Å². The van der Waals surface area contributed by atoms with Crippen molar-refractivity contribution in [1.82, 2.24) is 0 Å². The number of ether oxygens (including phenoxy) is 1. The lowest BCUT2D eigenvalue weighted by Gasteiger charge is -2.24. The first-order valence-corrected chi connectivity index (χ1v) is 4.02.